The molecule has 2 aromatic heterocycles. The average molecular weight is 309 g/mol. The molecule has 0 aliphatic heterocycles. The van der Waals surface area contributed by atoms with Gasteiger partial charge in [0.05, 0.1) is 18.5 Å². The lowest BCUT2D eigenvalue weighted by atomic mass is 10.4. The highest BCUT2D eigenvalue weighted by molar-refractivity contribution is 8.22. The van der Waals surface area contributed by atoms with E-state index in [1.165, 1.54) is 24.0 Å². The Labute approximate surface area is 125 Å². The van der Waals surface area contributed by atoms with Gasteiger partial charge in [0, 0.05) is 11.1 Å². The van der Waals surface area contributed by atoms with E-state index in [-0.39, 0.29) is 0 Å². The molecule has 1 N–H and O–H groups in total. The van der Waals surface area contributed by atoms with Crippen LogP contribution in [-0.4, -0.2) is 21.0 Å². The zero-order valence-corrected chi connectivity index (χ0v) is 12.3. The lowest BCUT2D eigenvalue weighted by Crippen LogP contribution is -1.97. The Morgan fingerprint density at radius 2 is 2.15 bits per heavy atom. The van der Waals surface area contributed by atoms with Gasteiger partial charge in [-0.1, -0.05) is 0 Å². The minimum atomic E-state index is -0.514. The number of pyridine rings is 2. The van der Waals surface area contributed by atoms with Crippen LogP contribution >= 0.6 is 24.0 Å². The zero-order chi connectivity index (χ0) is 14.4. The highest BCUT2D eigenvalue weighted by Gasteiger charge is 2.02. The van der Waals surface area contributed by atoms with Crippen molar-refractivity contribution in [2.75, 3.05) is 11.9 Å². The first-order valence-electron chi connectivity index (χ1n) is 5.86. The minimum Gasteiger partial charge on any atom is -0.479 e. The standard InChI is InChI=1S/C13H12FN3OS2/c1-2-18-13(19)20-10-4-6-12(16-8-10)17-9-3-5-11(14)15-7-9/h3-8H,2H2,1H3,(H,16,17). The second kappa shape index (κ2) is 7.16. The number of ether oxygens (including phenoxy) is 1. The molecular weight excluding hydrogens is 297 g/mol. The van der Waals surface area contributed by atoms with Crippen LogP contribution in [0.2, 0.25) is 0 Å². The third-order valence-electron chi connectivity index (χ3n) is 2.20. The molecule has 0 atom stereocenters. The number of hydrogen-bond donors (Lipinski definition) is 1. The van der Waals surface area contributed by atoms with Crippen LogP contribution in [0, 0.1) is 5.95 Å². The normalized spacial score (nSPS) is 10.1. The maximum atomic E-state index is 12.7. The number of thiocarbonyl (C=S) groups is 1. The van der Waals surface area contributed by atoms with Gasteiger partial charge >= 0.3 is 0 Å². The van der Waals surface area contributed by atoms with Gasteiger partial charge in [-0.2, -0.15) is 4.39 Å². The molecule has 0 fully saturated rings. The van der Waals surface area contributed by atoms with Crippen molar-refractivity contribution in [2.45, 2.75) is 11.8 Å². The molecule has 0 aliphatic rings. The maximum Gasteiger partial charge on any atom is 0.224 e. The molecule has 2 heterocycles. The Balaban J connectivity index is 1.97. The van der Waals surface area contributed by atoms with Gasteiger partial charge < -0.3 is 10.1 Å². The van der Waals surface area contributed by atoms with E-state index in [1.807, 2.05) is 13.0 Å². The van der Waals surface area contributed by atoms with Crippen molar-refractivity contribution >= 4 is 39.9 Å². The Bertz CT molecular complexity index is 575. The van der Waals surface area contributed by atoms with Crippen LogP contribution in [0.1, 0.15) is 6.92 Å². The first kappa shape index (κ1) is 14.7. The van der Waals surface area contributed by atoms with Gasteiger partial charge in [-0.05, 0) is 55.2 Å². The van der Waals surface area contributed by atoms with Crippen LogP contribution in [0.15, 0.2) is 41.6 Å². The second-order valence-corrected chi connectivity index (χ2v) is 5.33. The fraction of sp³-hybridized carbons (Fsp3) is 0.154. The van der Waals surface area contributed by atoms with E-state index in [2.05, 4.69) is 15.3 Å². The molecule has 0 aromatic carbocycles. The van der Waals surface area contributed by atoms with Crippen LogP contribution in [0.3, 0.4) is 0 Å². The first-order valence-corrected chi connectivity index (χ1v) is 7.09. The van der Waals surface area contributed by atoms with Crippen LogP contribution in [0.25, 0.3) is 0 Å². The number of anilines is 2. The van der Waals surface area contributed by atoms with Gasteiger partial charge in [-0.3, -0.25) is 0 Å². The summed E-state index contributed by atoms with van der Waals surface area (Å²) in [7, 11) is 0. The van der Waals surface area contributed by atoms with Crippen molar-refractivity contribution in [3.63, 3.8) is 0 Å². The number of hydrogen-bond acceptors (Lipinski definition) is 6. The molecule has 0 amide bonds. The Kier molecular flexibility index (Phi) is 5.25. The molecule has 4 nitrogen and oxygen atoms in total. The van der Waals surface area contributed by atoms with Crippen LogP contribution < -0.4 is 5.32 Å². The fourth-order valence-electron chi connectivity index (χ4n) is 1.36. The SMILES string of the molecule is CCOC(=S)Sc1ccc(Nc2ccc(F)nc2)nc1. The Hall–Kier alpha value is -1.73. The Morgan fingerprint density at radius 1 is 1.30 bits per heavy atom. The molecule has 0 saturated heterocycles. The number of rotatable bonds is 4. The van der Waals surface area contributed by atoms with E-state index in [0.717, 1.165) is 4.90 Å². The summed E-state index contributed by atoms with van der Waals surface area (Å²) in [5, 5.41) is 3.02. The van der Waals surface area contributed by atoms with Gasteiger partial charge in [0.15, 0.2) is 0 Å². The second-order valence-electron chi connectivity index (χ2n) is 3.66. The molecule has 2 aromatic rings. The predicted octanol–water partition coefficient (Wildman–Crippen LogP) is 3.77. The lowest BCUT2D eigenvalue weighted by molar-refractivity contribution is 0.346. The summed E-state index contributed by atoms with van der Waals surface area (Å²) < 4.78 is 18.3. The van der Waals surface area contributed by atoms with E-state index in [4.69, 9.17) is 17.0 Å². The van der Waals surface area contributed by atoms with E-state index in [9.17, 15) is 4.39 Å². The number of nitrogens with zero attached hydrogens (tertiary/aromatic N) is 2. The van der Waals surface area contributed by atoms with Gasteiger partial charge in [-0.25, -0.2) is 9.97 Å². The van der Waals surface area contributed by atoms with Crippen LogP contribution in [-0.2, 0) is 4.74 Å². The zero-order valence-electron chi connectivity index (χ0n) is 10.7. The first-order chi connectivity index (χ1) is 9.67. The molecular formula is C13H12FN3OS2. The summed E-state index contributed by atoms with van der Waals surface area (Å²) in [4.78, 5) is 8.69. The quantitative estimate of drug-likeness (QED) is 0.527. The molecule has 0 spiro atoms. The summed E-state index contributed by atoms with van der Waals surface area (Å²) >= 11 is 6.38. The summed E-state index contributed by atoms with van der Waals surface area (Å²) in [6, 6.07) is 6.56. The van der Waals surface area contributed by atoms with Gasteiger partial charge in [-0.15, -0.1) is 0 Å². The molecule has 104 valence electrons. The maximum absolute atomic E-state index is 12.7. The van der Waals surface area contributed by atoms with Gasteiger partial charge in [0.2, 0.25) is 10.3 Å². The van der Waals surface area contributed by atoms with E-state index in [1.54, 1.807) is 18.3 Å². The molecule has 2 rings (SSSR count). The lowest BCUT2D eigenvalue weighted by Gasteiger charge is -2.06. The third kappa shape index (κ3) is 4.43. The molecule has 0 saturated carbocycles. The van der Waals surface area contributed by atoms with Gasteiger partial charge in [0.1, 0.15) is 5.82 Å². The summed E-state index contributed by atoms with van der Waals surface area (Å²) in [5.41, 5.74) is 0.671. The van der Waals surface area contributed by atoms with Crippen molar-refractivity contribution < 1.29 is 9.13 Å². The largest absolute Gasteiger partial charge is 0.479 e. The molecule has 0 bridgehead atoms. The topological polar surface area (TPSA) is 47.0 Å². The molecule has 20 heavy (non-hydrogen) atoms. The third-order valence-corrected chi connectivity index (χ3v) is 3.33. The summed E-state index contributed by atoms with van der Waals surface area (Å²) in [6.07, 6.45) is 3.10. The summed E-state index contributed by atoms with van der Waals surface area (Å²) in [5.74, 6) is 0.129. The number of thioether (sulfide) groups is 1. The van der Waals surface area contributed by atoms with E-state index < -0.39 is 5.95 Å². The smallest absolute Gasteiger partial charge is 0.224 e. The van der Waals surface area contributed by atoms with E-state index >= 15 is 0 Å². The van der Waals surface area contributed by atoms with Crippen LogP contribution in [0.5, 0.6) is 0 Å². The number of nitrogens with one attached hydrogen (secondary N) is 1. The van der Waals surface area contributed by atoms with Crippen molar-refractivity contribution in [3.8, 4) is 0 Å². The molecule has 7 heteroatoms. The van der Waals surface area contributed by atoms with Crippen molar-refractivity contribution in [1.29, 1.82) is 0 Å². The van der Waals surface area contributed by atoms with Crippen LogP contribution in [0.4, 0.5) is 15.9 Å². The highest BCUT2D eigenvalue weighted by atomic mass is 32.2. The van der Waals surface area contributed by atoms with Crippen molar-refractivity contribution in [2.24, 2.45) is 0 Å². The van der Waals surface area contributed by atoms with Crippen molar-refractivity contribution in [3.05, 3.63) is 42.6 Å². The molecule has 0 radical (unpaired) electrons. The minimum absolute atomic E-state index is 0.470. The number of aromatic nitrogens is 2. The molecule has 0 aliphatic carbocycles. The highest BCUT2D eigenvalue weighted by Crippen LogP contribution is 2.22. The Morgan fingerprint density at radius 3 is 2.75 bits per heavy atom. The average Bonchev–Trinajstić information content (AvgIpc) is 2.44. The van der Waals surface area contributed by atoms with E-state index in [0.29, 0.717) is 22.5 Å². The van der Waals surface area contributed by atoms with Gasteiger partial charge in [0.25, 0.3) is 0 Å². The summed E-state index contributed by atoms with van der Waals surface area (Å²) in [6.45, 7) is 2.44. The monoisotopic (exact) mass is 309 g/mol. The van der Waals surface area contributed by atoms with Crippen molar-refractivity contribution in [1.82, 2.24) is 9.97 Å². The number of halogens is 1. The predicted molar refractivity (Wildman–Crippen MR) is 81.8 cm³/mol. The fourth-order valence-corrected chi connectivity index (χ4v) is 2.37. The molecule has 0 unspecified atom stereocenters.